The Labute approximate surface area is 107 Å². The molecule has 3 nitrogen and oxygen atoms in total. The Morgan fingerprint density at radius 3 is 2.83 bits per heavy atom. The zero-order chi connectivity index (χ0) is 13.1. The van der Waals surface area contributed by atoms with Gasteiger partial charge in [-0.1, -0.05) is 18.2 Å². The van der Waals surface area contributed by atoms with Gasteiger partial charge < -0.3 is 10.3 Å². The molecule has 0 atom stereocenters. The van der Waals surface area contributed by atoms with E-state index in [1.165, 1.54) is 5.56 Å². The van der Waals surface area contributed by atoms with Crippen molar-refractivity contribution in [3.8, 4) is 0 Å². The molecule has 0 fully saturated rings. The van der Waals surface area contributed by atoms with Crippen molar-refractivity contribution < 1.29 is 5.32 Å². The molecule has 0 saturated heterocycles. The number of nitrogens with one attached hydrogen (secondary N) is 1. The van der Waals surface area contributed by atoms with Crippen LogP contribution in [0.15, 0.2) is 35.6 Å². The molecule has 18 heavy (non-hydrogen) atoms. The third kappa shape index (κ3) is 2.51. The highest BCUT2D eigenvalue weighted by Crippen LogP contribution is 2.17. The summed E-state index contributed by atoms with van der Waals surface area (Å²) in [5, 5.41) is 3.17. The van der Waals surface area contributed by atoms with Crippen LogP contribution in [0, 0.1) is 13.8 Å². The third-order valence-corrected chi connectivity index (χ3v) is 3.07. The standard InChI is InChI=1S/C15H18N2O/c1-4-5-16-9-13-8-12-7-10(2)6-11(3)14(12)17-15(13)18/h4,6-8,16H,1,5,9H2,2-3H3,(H,17,18)/p+1. The molecule has 0 aliphatic carbocycles. The number of aryl methyl sites for hydroxylation is 2. The number of rotatable bonds is 4. The maximum absolute atomic E-state index is 12.0. The number of benzene rings is 1. The Hall–Kier alpha value is -1.87. The summed E-state index contributed by atoms with van der Waals surface area (Å²) >= 11 is 0. The Balaban J connectivity index is 2.47. The lowest BCUT2D eigenvalue weighted by Crippen LogP contribution is -2.82. The minimum absolute atomic E-state index is 0.00904. The largest absolute Gasteiger partial charge is 0.339 e. The van der Waals surface area contributed by atoms with Crippen LogP contribution < -0.4 is 10.9 Å². The number of nitrogens with two attached hydrogens (primary N) is 1. The molecule has 0 aliphatic rings. The van der Waals surface area contributed by atoms with Crippen LogP contribution in [-0.4, -0.2) is 11.5 Å². The van der Waals surface area contributed by atoms with Gasteiger partial charge in [0.25, 0.3) is 5.56 Å². The molecule has 2 rings (SSSR count). The first-order valence-corrected chi connectivity index (χ1v) is 6.17. The van der Waals surface area contributed by atoms with Crippen molar-refractivity contribution in [3.63, 3.8) is 0 Å². The number of quaternary nitrogens is 1. The molecule has 0 bridgehead atoms. The zero-order valence-electron chi connectivity index (χ0n) is 10.9. The van der Waals surface area contributed by atoms with E-state index in [0.29, 0.717) is 6.54 Å². The maximum atomic E-state index is 12.0. The van der Waals surface area contributed by atoms with Gasteiger partial charge in [0.05, 0.1) is 17.6 Å². The first-order chi connectivity index (χ1) is 8.61. The Kier molecular flexibility index (Phi) is 3.63. The van der Waals surface area contributed by atoms with Crippen molar-refractivity contribution in [3.05, 3.63) is 57.9 Å². The maximum Gasteiger partial charge on any atom is 0.257 e. The van der Waals surface area contributed by atoms with Gasteiger partial charge >= 0.3 is 0 Å². The van der Waals surface area contributed by atoms with Gasteiger partial charge in [-0.15, -0.1) is 0 Å². The van der Waals surface area contributed by atoms with Crippen LogP contribution in [0.4, 0.5) is 0 Å². The van der Waals surface area contributed by atoms with Crippen molar-refractivity contribution >= 4 is 10.9 Å². The fourth-order valence-electron chi connectivity index (χ4n) is 2.24. The van der Waals surface area contributed by atoms with E-state index in [1.807, 2.05) is 19.1 Å². The number of H-pyrrole nitrogens is 1. The number of fused-ring (bicyclic) bond motifs is 1. The molecule has 94 valence electrons. The summed E-state index contributed by atoms with van der Waals surface area (Å²) in [6, 6.07) is 6.19. The highest BCUT2D eigenvalue weighted by atomic mass is 16.1. The van der Waals surface area contributed by atoms with Crippen molar-refractivity contribution in [2.24, 2.45) is 0 Å². The van der Waals surface area contributed by atoms with Crippen LogP contribution >= 0.6 is 0 Å². The molecule has 0 unspecified atom stereocenters. The minimum Gasteiger partial charge on any atom is -0.339 e. The smallest absolute Gasteiger partial charge is 0.257 e. The van der Waals surface area contributed by atoms with E-state index in [4.69, 9.17) is 0 Å². The summed E-state index contributed by atoms with van der Waals surface area (Å²) in [5.74, 6) is 0. The molecule has 1 aromatic carbocycles. The predicted molar refractivity (Wildman–Crippen MR) is 74.7 cm³/mol. The second kappa shape index (κ2) is 5.19. The Morgan fingerprint density at radius 2 is 2.11 bits per heavy atom. The minimum atomic E-state index is 0.00904. The molecule has 1 heterocycles. The van der Waals surface area contributed by atoms with E-state index in [-0.39, 0.29) is 5.56 Å². The van der Waals surface area contributed by atoms with Crippen molar-refractivity contribution in [2.75, 3.05) is 6.54 Å². The summed E-state index contributed by atoms with van der Waals surface area (Å²) in [4.78, 5) is 14.9. The molecule has 3 N–H and O–H groups in total. The summed E-state index contributed by atoms with van der Waals surface area (Å²) in [6.07, 6.45) is 1.84. The number of hydrogen-bond acceptors (Lipinski definition) is 1. The lowest BCUT2D eigenvalue weighted by molar-refractivity contribution is -0.662. The number of hydrogen-bond donors (Lipinski definition) is 2. The fraction of sp³-hybridized carbons (Fsp3) is 0.267. The van der Waals surface area contributed by atoms with E-state index in [0.717, 1.165) is 28.6 Å². The average Bonchev–Trinajstić information content (AvgIpc) is 2.31. The summed E-state index contributed by atoms with van der Waals surface area (Å²) < 4.78 is 0. The molecule has 0 amide bonds. The number of aromatic nitrogens is 1. The first kappa shape index (κ1) is 12.6. The quantitative estimate of drug-likeness (QED) is 0.619. The second-order valence-electron chi connectivity index (χ2n) is 4.69. The highest BCUT2D eigenvalue weighted by molar-refractivity contribution is 5.82. The molecule has 2 aromatic rings. The molecule has 0 radical (unpaired) electrons. The van der Waals surface area contributed by atoms with Crippen LogP contribution in [0.1, 0.15) is 16.7 Å². The second-order valence-corrected chi connectivity index (χ2v) is 4.69. The van der Waals surface area contributed by atoms with Gasteiger partial charge in [-0.05, 0) is 43.0 Å². The summed E-state index contributed by atoms with van der Waals surface area (Å²) in [5.41, 5.74) is 4.10. The zero-order valence-corrected chi connectivity index (χ0v) is 10.9. The van der Waals surface area contributed by atoms with Crippen molar-refractivity contribution in [2.45, 2.75) is 20.4 Å². The lowest BCUT2D eigenvalue weighted by Gasteiger charge is -2.06. The molecule has 3 heteroatoms. The topological polar surface area (TPSA) is 49.5 Å². The van der Waals surface area contributed by atoms with Crippen molar-refractivity contribution in [1.82, 2.24) is 4.98 Å². The van der Waals surface area contributed by atoms with Gasteiger partial charge in [0.1, 0.15) is 6.54 Å². The summed E-state index contributed by atoms with van der Waals surface area (Å²) in [6.45, 7) is 9.27. The van der Waals surface area contributed by atoms with Gasteiger partial charge in [0.15, 0.2) is 0 Å². The molecule has 0 aliphatic heterocycles. The van der Waals surface area contributed by atoms with Crippen LogP contribution in [0.2, 0.25) is 0 Å². The Bertz CT molecular complexity index is 641. The number of aromatic amines is 1. The number of pyridine rings is 1. The van der Waals surface area contributed by atoms with E-state index >= 15 is 0 Å². The van der Waals surface area contributed by atoms with Crippen LogP contribution in [0.25, 0.3) is 10.9 Å². The highest BCUT2D eigenvalue weighted by Gasteiger charge is 2.06. The SMILES string of the molecule is C=CC[NH2+]Cc1cc2cc(C)cc(C)c2[nH]c1=O. The summed E-state index contributed by atoms with van der Waals surface area (Å²) in [7, 11) is 0. The average molecular weight is 243 g/mol. The molecular formula is C15H19N2O+. The van der Waals surface area contributed by atoms with Gasteiger partial charge in [-0.25, -0.2) is 0 Å². The third-order valence-electron chi connectivity index (χ3n) is 3.07. The van der Waals surface area contributed by atoms with E-state index < -0.39 is 0 Å². The van der Waals surface area contributed by atoms with E-state index in [2.05, 4.69) is 35.9 Å². The van der Waals surface area contributed by atoms with E-state index in [1.54, 1.807) is 0 Å². The van der Waals surface area contributed by atoms with E-state index in [9.17, 15) is 4.79 Å². The Morgan fingerprint density at radius 1 is 1.33 bits per heavy atom. The van der Waals surface area contributed by atoms with Gasteiger partial charge in [-0.2, -0.15) is 0 Å². The van der Waals surface area contributed by atoms with Crippen LogP contribution in [0.5, 0.6) is 0 Å². The predicted octanol–water partition coefficient (Wildman–Crippen LogP) is 1.39. The van der Waals surface area contributed by atoms with Gasteiger partial charge in [-0.3, -0.25) is 4.79 Å². The molecule has 1 aromatic heterocycles. The van der Waals surface area contributed by atoms with Gasteiger partial charge in [0.2, 0.25) is 0 Å². The normalized spacial score (nSPS) is 10.8. The van der Waals surface area contributed by atoms with Gasteiger partial charge in [0, 0.05) is 0 Å². The fourth-order valence-corrected chi connectivity index (χ4v) is 2.24. The molecular weight excluding hydrogens is 224 g/mol. The van der Waals surface area contributed by atoms with Crippen LogP contribution in [-0.2, 0) is 6.54 Å². The monoisotopic (exact) mass is 243 g/mol. The molecule has 0 saturated carbocycles. The van der Waals surface area contributed by atoms with Crippen LogP contribution in [0.3, 0.4) is 0 Å². The first-order valence-electron chi connectivity index (χ1n) is 6.17. The van der Waals surface area contributed by atoms with Crippen molar-refractivity contribution in [1.29, 1.82) is 0 Å². The molecule has 0 spiro atoms. The lowest BCUT2D eigenvalue weighted by atomic mass is 10.1.